The van der Waals surface area contributed by atoms with Crippen molar-refractivity contribution in [3.05, 3.63) is 66.1 Å². The van der Waals surface area contributed by atoms with Crippen molar-refractivity contribution in [2.75, 3.05) is 12.4 Å². The van der Waals surface area contributed by atoms with Gasteiger partial charge in [0.1, 0.15) is 5.82 Å². The Morgan fingerprint density at radius 1 is 1.05 bits per heavy atom. The first-order valence-electron chi connectivity index (χ1n) is 6.55. The predicted molar refractivity (Wildman–Crippen MR) is 78.6 cm³/mol. The second-order valence-electron chi connectivity index (χ2n) is 4.58. The lowest BCUT2D eigenvalue weighted by molar-refractivity contribution is 0.908. The summed E-state index contributed by atoms with van der Waals surface area (Å²) >= 11 is 0. The van der Waals surface area contributed by atoms with Gasteiger partial charge in [-0.05, 0) is 30.5 Å². The monoisotopic (exact) mass is 251 g/mol. The van der Waals surface area contributed by atoms with E-state index in [0.29, 0.717) is 0 Å². The Morgan fingerprint density at radius 2 is 1.89 bits per heavy atom. The molecule has 3 rings (SSSR count). The lowest BCUT2D eigenvalue weighted by Crippen LogP contribution is -2.00. The molecule has 3 heteroatoms. The zero-order chi connectivity index (χ0) is 13.1. The average Bonchev–Trinajstić information content (AvgIpc) is 2.90. The molecule has 3 aromatic rings. The topological polar surface area (TPSA) is 29.3 Å². The van der Waals surface area contributed by atoms with Crippen molar-refractivity contribution in [1.82, 2.24) is 9.38 Å². The molecule has 1 N–H and O–H groups in total. The molecule has 0 saturated heterocycles. The van der Waals surface area contributed by atoms with Crippen LogP contribution in [-0.2, 0) is 12.8 Å². The van der Waals surface area contributed by atoms with Gasteiger partial charge in [-0.3, -0.25) is 4.98 Å². The molecule has 0 amide bonds. The third-order valence-electron chi connectivity index (χ3n) is 3.41. The molecule has 0 aliphatic carbocycles. The van der Waals surface area contributed by atoms with Crippen molar-refractivity contribution in [3.63, 3.8) is 0 Å². The van der Waals surface area contributed by atoms with E-state index in [9.17, 15) is 0 Å². The lowest BCUT2D eigenvalue weighted by Gasteiger charge is -2.06. The summed E-state index contributed by atoms with van der Waals surface area (Å²) < 4.78 is 2.15. The molecule has 0 spiro atoms. The number of fused-ring (bicyclic) bond motifs is 1. The summed E-state index contributed by atoms with van der Waals surface area (Å²) in [6, 6.07) is 14.8. The van der Waals surface area contributed by atoms with E-state index in [-0.39, 0.29) is 0 Å². The van der Waals surface area contributed by atoms with Crippen molar-refractivity contribution in [2.45, 2.75) is 12.8 Å². The zero-order valence-corrected chi connectivity index (χ0v) is 11.0. The van der Waals surface area contributed by atoms with Crippen LogP contribution in [0.3, 0.4) is 0 Å². The number of nitrogens with zero attached hydrogens (tertiary/aromatic N) is 2. The highest BCUT2D eigenvalue weighted by molar-refractivity contribution is 5.60. The number of aryl methyl sites for hydroxylation is 2. The summed E-state index contributed by atoms with van der Waals surface area (Å²) in [5.41, 5.74) is 3.68. The van der Waals surface area contributed by atoms with E-state index < -0.39 is 0 Å². The van der Waals surface area contributed by atoms with Gasteiger partial charge in [-0.25, -0.2) is 0 Å². The van der Waals surface area contributed by atoms with Crippen LogP contribution in [-0.4, -0.2) is 16.4 Å². The molecule has 19 heavy (non-hydrogen) atoms. The number of rotatable bonds is 4. The predicted octanol–water partition coefficient (Wildman–Crippen LogP) is 3.16. The standard InChI is InChI=1S/C16H17N3/c1-17-16-10-9-15-14(18-11-12-19(15)16)8-7-13-5-3-2-4-6-13/h2-6,9-12,17H,7-8H2,1H3. The molecule has 0 bridgehead atoms. The molecule has 0 saturated carbocycles. The molecule has 2 heterocycles. The third kappa shape index (κ3) is 2.32. The fourth-order valence-electron chi connectivity index (χ4n) is 2.40. The molecule has 1 aromatic carbocycles. The highest BCUT2D eigenvalue weighted by Gasteiger charge is 2.06. The maximum atomic E-state index is 4.52. The van der Waals surface area contributed by atoms with Crippen LogP contribution in [0, 0.1) is 0 Å². The minimum atomic E-state index is 0.960. The Kier molecular flexibility index (Phi) is 3.19. The van der Waals surface area contributed by atoms with Crippen LogP contribution in [0.1, 0.15) is 11.3 Å². The van der Waals surface area contributed by atoms with Gasteiger partial charge in [0.25, 0.3) is 0 Å². The number of hydrogen-bond donors (Lipinski definition) is 1. The number of aromatic nitrogens is 2. The van der Waals surface area contributed by atoms with E-state index in [2.05, 4.69) is 57.2 Å². The minimum Gasteiger partial charge on any atom is -0.374 e. The van der Waals surface area contributed by atoms with Crippen molar-refractivity contribution < 1.29 is 0 Å². The van der Waals surface area contributed by atoms with Crippen LogP contribution in [0.15, 0.2) is 54.9 Å². The first-order valence-corrected chi connectivity index (χ1v) is 6.55. The summed E-state index contributed by atoms with van der Waals surface area (Å²) in [5, 5.41) is 3.19. The third-order valence-corrected chi connectivity index (χ3v) is 3.41. The Bertz CT molecular complexity index is 671. The molecule has 96 valence electrons. The van der Waals surface area contributed by atoms with Crippen LogP contribution in [0.4, 0.5) is 5.82 Å². The highest BCUT2D eigenvalue weighted by Crippen LogP contribution is 2.18. The van der Waals surface area contributed by atoms with Crippen LogP contribution in [0.2, 0.25) is 0 Å². The van der Waals surface area contributed by atoms with Gasteiger partial charge in [-0.15, -0.1) is 0 Å². The van der Waals surface area contributed by atoms with Gasteiger partial charge < -0.3 is 9.72 Å². The Labute approximate surface area is 112 Å². The van der Waals surface area contributed by atoms with Gasteiger partial charge >= 0.3 is 0 Å². The zero-order valence-electron chi connectivity index (χ0n) is 11.0. The summed E-state index contributed by atoms with van der Waals surface area (Å²) in [6.07, 6.45) is 5.84. The molecule has 0 radical (unpaired) electrons. The van der Waals surface area contributed by atoms with Crippen molar-refractivity contribution >= 4 is 11.3 Å². The first-order chi connectivity index (χ1) is 9.38. The summed E-state index contributed by atoms with van der Waals surface area (Å²) in [7, 11) is 1.94. The van der Waals surface area contributed by atoms with Gasteiger partial charge in [0.05, 0.1) is 11.2 Å². The van der Waals surface area contributed by atoms with Gasteiger partial charge in [-0.2, -0.15) is 0 Å². The second kappa shape index (κ2) is 5.14. The summed E-state index contributed by atoms with van der Waals surface area (Å²) in [5.74, 6) is 1.10. The summed E-state index contributed by atoms with van der Waals surface area (Å²) in [4.78, 5) is 4.52. The van der Waals surface area contributed by atoms with E-state index >= 15 is 0 Å². The van der Waals surface area contributed by atoms with Crippen LogP contribution in [0.25, 0.3) is 5.52 Å². The normalized spacial score (nSPS) is 10.8. The molecular weight excluding hydrogens is 234 g/mol. The Hall–Kier alpha value is -2.29. The maximum Gasteiger partial charge on any atom is 0.110 e. The SMILES string of the molecule is CNc1ccc2c(CCc3ccccc3)nccn12. The van der Waals surface area contributed by atoms with E-state index in [0.717, 1.165) is 24.4 Å². The quantitative estimate of drug-likeness (QED) is 0.771. The molecular formula is C16H17N3. The van der Waals surface area contributed by atoms with Crippen LogP contribution < -0.4 is 5.32 Å². The van der Waals surface area contributed by atoms with Crippen molar-refractivity contribution in [2.24, 2.45) is 0 Å². The summed E-state index contributed by atoms with van der Waals surface area (Å²) in [6.45, 7) is 0. The number of nitrogens with one attached hydrogen (secondary N) is 1. The van der Waals surface area contributed by atoms with Gasteiger partial charge in [0.15, 0.2) is 0 Å². The van der Waals surface area contributed by atoms with E-state index in [1.807, 2.05) is 19.4 Å². The maximum absolute atomic E-state index is 4.52. The van der Waals surface area contributed by atoms with Gasteiger partial charge in [-0.1, -0.05) is 30.3 Å². The van der Waals surface area contributed by atoms with Gasteiger partial charge in [0, 0.05) is 19.4 Å². The minimum absolute atomic E-state index is 0.960. The molecule has 3 nitrogen and oxygen atoms in total. The lowest BCUT2D eigenvalue weighted by atomic mass is 10.1. The Balaban J connectivity index is 1.87. The van der Waals surface area contributed by atoms with E-state index in [1.165, 1.54) is 11.1 Å². The largest absolute Gasteiger partial charge is 0.374 e. The highest BCUT2D eigenvalue weighted by atomic mass is 15.1. The van der Waals surface area contributed by atoms with E-state index in [1.54, 1.807) is 0 Å². The number of benzene rings is 1. The molecule has 2 aromatic heterocycles. The van der Waals surface area contributed by atoms with Gasteiger partial charge in [0.2, 0.25) is 0 Å². The first kappa shape index (κ1) is 11.8. The fourth-order valence-corrected chi connectivity index (χ4v) is 2.40. The second-order valence-corrected chi connectivity index (χ2v) is 4.58. The molecule has 0 unspecified atom stereocenters. The van der Waals surface area contributed by atoms with Crippen LogP contribution in [0.5, 0.6) is 0 Å². The van der Waals surface area contributed by atoms with Crippen LogP contribution >= 0.6 is 0 Å². The molecule has 0 atom stereocenters. The molecule has 0 aliphatic rings. The van der Waals surface area contributed by atoms with Crippen molar-refractivity contribution in [1.29, 1.82) is 0 Å². The number of hydrogen-bond acceptors (Lipinski definition) is 2. The molecule has 0 aliphatic heterocycles. The van der Waals surface area contributed by atoms with Crippen molar-refractivity contribution in [3.8, 4) is 0 Å². The van der Waals surface area contributed by atoms with E-state index in [4.69, 9.17) is 0 Å². The average molecular weight is 251 g/mol. The number of anilines is 1. The Morgan fingerprint density at radius 3 is 2.68 bits per heavy atom. The molecule has 0 fully saturated rings. The smallest absolute Gasteiger partial charge is 0.110 e. The fraction of sp³-hybridized carbons (Fsp3) is 0.188.